The molecule has 0 unspecified atom stereocenters. The molecule has 2 heterocycles. The fourth-order valence-electron chi connectivity index (χ4n) is 1.54. The van der Waals surface area contributed by atoms with Crippen LogP contribution in [-0.4, -0.2) is 50.3 Å². The molecule has 21 heavy (non-hydrogen) atoms. The lowest BCUT2D eigenvalue weighted by molar-refractivity contribution is -0.113. The van der Waals surface area contributed by atoms with Crippen molar-refractivity contribution in [1.82, 2.24) is 25.0 Å². The lowest BCUT2D eigenvalue weighted by Gasteiger charge is -2.07. The summed E-state index contributed by atoms with van der Waals surface area (Å²) >= 11 is 2.67. The van der Waals surface area contributed by atoms with Crippen LogP contribution in [0.4, 0.5) is 5.13 Å². The number of aromatic nitrogens is 5. The third-order valence-electron chi connectivity index (χ3n) is 2.53. The molecule has 0 bridgehead atoms. The molecule has 10 heteroatoms. The van der Waals surface area contributed by atoms with Gasteiger partial charge in [0.1, 0.15) is 10.8 Å². The number of ether oxygens (including phenoxy) is 1. The third-order valence-corrected chi connectivity index (χ3v) is 4.25. The highest BCUT2D eigenvalue weighted by Crippen LogP contribution is 2.18. The molecule has 8 nitrogen and oxygen atoms in total. The van der Waals surface area contributed by atoms with Gasteiger partial charge in [-0.1, -0.05) is 23.1 Å². The van der Waals surface area contributed by atoms with Crippen LogP contribution in [0.25, 0.3) is 0 Å². The van der Waals surface area contributed by atoms with Gasteiger partial charge in [0.05, 0.1) is 12.4 Å². The molecular formula is C11H16N6O2S2. The van der Waals surface area contributed by atoms with Gasteiger partial charge >= 0.3 is 0 Å². The van der Waals surface area contributed by atoms with Crippen molar-refractivity contribution in [3.8, 4) is 0 Å². The van der Waals surface area contributed by atoms with Crippen LogP contribution in [0, 0.1) is 13.8 Å². The highest BCUT2D eigenvalue weighted by Gasteiger charge is 2.12. The van der Waals surface area contributed by atoms with E-state index in [2.05, 4.69) is 25.7 Å². The van der Waals surface area contributed by atoms with Crippen molar-refractivity contribution in [2.45, 2.75) is 25.5 Å². The van der Waals surface area contributed by atoms with Crippen LogP contribution >= 0.6 is 23.1 Å². The fourth-order valence-corrected chi connectivity index (χ4v) is 2.96. The largest absolute Gasteiger partial charge is 0.383 e. The molecule has 0 fully saturated rings. The maximum Gasteiger partial charge on any atom is 0.236 e. The van der Waals surface area contributed by atoms with Crippen molar-refractivity contribution < 1.29 is 9.53 Å². The summed E-state index contributed by atoms with van der Waals surface area (Å²) in [7, 11) is 1.64. The van der Waals surface area contributed by atoms with Gasteiger partial charge in [-0.25, -0.2) is 0 Å². The Labute approximate surface area is 130 Å². The third kappa shape index (κ3) is 4.48. The summed E-state index contributed by atoms with van der Waals surface area (Å²) in [4.78, 5) is 11.9. The Morgan fingerprint density at radius 3 is 2.81 bits per heavy atom. The van der Waals surface area contributed by atoms with Crippen LogP contribution in [0.3, 0.4) is 0 Å². The van der Waals surface area contributed by atoms with Crippen molar-refractivity contribution in [2.75, 3.05) is 24.8 Å². The number of nitrogens with one attached hydrogen (secondary N) is 1. The van der Waals surface area contributed by atoms with Crippen LogP contribution in [0.2, 0.25) is 0 Å². The Bertz CT molecular complexity index is 612. The van der Waals surface area contributed by atoms with Crippen LogP contribution in [0.1, 0.15) is 10.8 Å². The summed E-state index contributed by atoms with van der Waals surface area (Å²) in [5.74, 6) is 0.897. The van der Waals surface area contributed by atoms with Gasteiger partial charge in [0.25, 0.3) is 0 Å². The van der Waals surface area contributed by atoms with Crippen molar-refractivity contribution in [3.05, 3.63) is 10.8 Å². The fraction of sp³-hybridized carbons (Fsp3) is 0.545. The Hall–Kier alpha value is -1.52. The first kappa shape index (κ1) is 15.9. The number of aryl methyl sites for hydroxylation is 2. The average molecular weight is 328 g/mol. The predicted molar refractivity (Wildman–Crippen MR) is 80.6 cm³/mol. The van der Waals surface area contributed by atoms with Crippen molar-refractivity contribution in [1.29, 1.82) is 0 Å². The van der Waals surface area contributed by atoms with E-state index in [0.717, 1.165) is 10.8 Å². The molecule has 0 aromatic carbocycles. The minimum absolute atomic E-state index is 0.143. The summed E-state index contributed by atoms with van der Waals surface area (Å²) in [6.45, 7) is 4.94. The van der Waals surface area contributed by atoms with Crippen LogP contribution in [0.5, 0.6) is 0 Å². The molecule has 1 N–H and O–H groups in total. The number of carbonyl (C=O) groups excluding carboxylic acids is 1. The predicted octanol–water partition coefficient (Wildman–Crippen LogP) is 1.12. The first-order chi connectivity index (χ1) is 10.1. The number of anilines is 1. The average Bonchev–Trinajstić information content (AvgIpc) is 3.01. The van der Waals surface area contributed by atoms with E-state index in [1.165, 1.54) is 23.1 Å². The standard InChI is InChI=1S/C11H16N6O2S2/c1-7-13-16-11(17(7)4-5-19-3)20-6-9(18)12-10-15-14-8(2)21-10/h4-6H2,1-3H3,(H,12,15,18). The van der Waals surface area contributed by atoms with Gasteiger partial charge in [-0.15, -0.1) is 20.4 Å². The molecule has 0 aliphatic rings. The number of amides is 1. The number of hydrogen-bond donors (Lipinski definition) is 1. The van der Waals surface area contributed by atoms with Crippen LogP contribution < -0.4 is 5.32 Å². The second-order valence-corrected chi connectivity index (χ2v) is 6.26. The van der Waals surface area contributed by atoms with E-state index in [9.17, 15) is 4.79 Å². The van der Waals surface area contributed by atoms with E-state index < -0.39 is 0 Å². The van der Waals surface area contributed by atoms with E-state index in [4.69, 9.17) is 4.74 Å². The lowest BCUT2D eigenvalue weighted by atomic mass is 10.6. The van der Waals surface area contributed by atoms with Gasteiger partial charge in [0.2, 0.25) is 11.0 Å². The van der Waals surface area contributed by atoms with Crippen molar-refractivity contribution in [3.63, 3.8) is 0 Å². The van der Waals surface area contributed by atoms with Gasteiger partial charge in [0, 0.05) is 13.7 Å². The number of rotatable bonds is 7. The van der Waals surface area contributed by atoms with Gasteiger partial charge in [0.15, 0.2) is 5.16 Å². The maximum absolute atomic E-state index is 11.9. The summed E-state index contributed by atoms with van der Waals surface area (Å²) in [6.07, 6.45) is 0. The molecule has 0 saturated heterocycles. The molecule has 2 rings (SSSR count). The smallest absolute Gasteiger partial charge is 0.236 e. The molecule has 0 spiro atoms. The molecular weight excluding hydrogens is 312 g/mol. The van der Waals surface area contributed by atoms with Gasteiger partial charge in [-0.2, -0.15) is 0 Å². The minimum Gasteiger partial charge on any atom is -0.383 e. The lowest BCUT2D eigenvalue weighted by Crippen LogP contribution is -2.15. The second-order valence-electron chi connectivity index (χ2n) is 4.14. The maximum atomic E-state index is 11.9. The number of nitrogens with zero attached hydrogens (tertiary/aromatic N) is 5. The molecule has 2 aromatic heterocycles. The van der Waals surface area contributed by atoms with Crippen LogP contribution in [-0.2, 0) is 16.1 Å². The Balaban J connectivity index is 1.89. The number of thioether (sulfide) groups is 1. The van der Waals surface area contributed by atoms with Crippen LogP contribution in [0.15, 0.2) is 5.16 Å². The van der Waals surface area contributed by atoms with E-state index in [-0.39, 0.29) is 11.7 Å². The van der Waals surface area contributed by atoms with E-state index in [1.54, 1.807) is 7.11 Å². The molecule has 0 radical (unpaired) electrons. The number of carbonyl (C=O) groups is 1. The number of hydrogen-bond acceptors (Lipinski definition) is 8. The normalized spacial score (nSPS) is 10.8. The Morgan fingerprint density at radius 1 is 1.33 bits per heavy atom. The summed E-state index contributed by atoms with van der Waals surface area (Å²) in [6, 6.07) is 0. The Morgan fingerprint density at radius 2 is 2.14 bits per heavy atom. The number of methoxy groups -OCH3 is 1. The van der Waals surface area contributed by atoms with E-state index in [1.807, 2.05) is 18.4 Å². The SMILES string of the molecule is COCCn1c(C)nnc1SCC(=O)Nc1nnc(C)s1. The first-order valence-electron chi connectivity index (χ1n) is 6.21. The highest BCUT2D eigenvalue weighted by atomic mass is 32.2. The van der Waals surface area contributed by atoms with Crippen molar-refractivity contribution >= 4 is 34.1 Å². The zero-order valence-corrected chi connectivity index (χ0v) is 13.6. The molecule has 1 amide bonds. The summed E-state index contributed by atoms with van der Waals surface area (Å²) in [5, 5.41) is 20.5. The Kier molecular flexibility index (Phi) is 5.65. The molecule has 0 saturated carbocycles. The van der Waals surface area contributed by atoms with Gasteiger partial charge in [-0.05, 0) is 13.8 Å². The van der Waals surface area contributed by atoms with Crippen molar-refractivity contribution in [2.24, 2.45) is 0 Å². The van der Waals surface area contributed by atoms with E-state index >= 15 is 0 Å². The first-order valence-corrected chi connectivity index (χ1v) is 8.02. The van der Waals surface area contributed by atoms with Gasteiger partial charge in [-0.3, -0.25) is 10.1 Å². The monoisotopic (exact) mass is 328 g/mol. The quantitative estimate of drug-likeness (QED) is 0.761. The molecule has 0 aliphatic heterocycles. The minimum atomic E-state index is -0.143. The highest BCUT2D eigenvalue weighted by molar-refractivity contribution is 7.99. The van der Waals surface area contributed by atoms with E-state index in [0.29, 0.717) is 23.4 Å². The molecule has 0 aliphatic carbocycles. The molecule has 2 aromatic rings. The second kappa shape index (κ2) is 7.48. The zero-order chi connectivity index (χ0) is 15.2. The molecule has 114 valence electrons. The summed E-state index contributed by atoms with van der Waals surface area (Å²) in [5.41, 5.74) is 0. The summed E-state index contributed by atoms with van der Waals surface area (Å²) < 4.78 is 6.98. The van der Waals surface area contributed by atoms with Gasteiger partial charge < -0.3 is 9.30 Å². The molecule has 0 atom stereocenters. The zero-order valence-electron chi connectivity index (χ0n) is 12.0. The topological polar surface area (TPSA) is 94.8 Å².